The van der Waals surface area contributed by atoms with Crippen LogP contribution in [0.4, 0.5) is 0 Å². The first-order chi connectivity index (χ1) is 7.49. The van der Waals surface area contributed by atoms with Gasteiger partial charge in [0.25, 0.3) is 0 Å². The Morgan fingerprint density at radius 2 is 0.938 bits per heavy atom. The lowest BCUT2D eigenvalue weighted by atomic mass is 10.2. The molecule has 0 radical (unpaired) electrons. The molecule has 16 heavy (non-hydrogen) atoms. The average molecular weight is 242 g/mol. The van der Waals surface area contributed by atoms with Gasteiger partial charge in [0.2, 0.25) is 0 Å². The fourth-order valence-electron chi connectivity index (χ4n) is 2.22. The quantitative estimate of drug-likeness (QED) is 0.512. The Labute approximate surface area is 103 Å². The first-order valence-electron chi connectivity index (χ1n) is 6.07. The van der Waals surface area contributed by atoms with E-state index in [1.54, 1.807) is 0 Å². The van der Waals surface area contributed by atoms with E-state index in [4.69, 9.17) is 12.2 Å². The maximum Gasteiger partial charge on any atom is 0.0934 e. The summed E-state index contributed by atoms with van der Waals surface area (Å²) in [4.78, 5) is 0.993. The minimum absolute atomic E-state index is 0.141. The van der Waals surface area contributed by atoms with Crippen molar-refractivity contribution in [2.24, 2.45) is 0 Å². The van der Waals surface area contributed by atoms with Gasteiger partial charge >= 0.3 is 0 Å². The first-order valence-corrected chi connectivity index (χ1v) is 6.48. The van der Waals surface area contributed by atoms with Crippen LogP contribution in [0.5, 0.6) is 0 Å². The third kappa shape index (κ3) is 2.28. The van der Waals surface area contributed by atoms with Crippen LogP contribution in [-0.2, 0) is 0 Å². The van der Waals surface area contributed by atoms with E-state index in [1.807, 2.05) is 0 Å². The zero-order valence-corrected chi connectivity index (χ0v) is 11.2. The number of hydrogen-bond acceptors (Lipinski definition) is 5. The van der Waals surface area contributed by atoms with Crippen LogP contribution in [-0.4, -0.2) is 41.4 Å². The van der Waals surface area contributed by atoms with Crippen molar-refractivity contribution in [3.63, 3.8) is 0 Å². The van der Waals surface area contributed by atoms with E-state index in [9.17, 15) is 0 Å². The Morgan fingerprint density at radius 1 is 0.688 bits per heavy atom. The average Bonchev–Trinajstić information content (AvgIpc) is 2.72. The van der Waals surface area contributed by atoms with E-state index in [1.165, 1.54) is 0 Å². The molecule has 2 saturated heterocycles. The van der Waals surface area contributed by atoms with Crippen LogP contribution in [0.3, 0.4) is 0 Å². The lowest BCUT2D eigenvalue weighted by Gasteiger charge is -2.20. The summed E-state index contributed by atoms with van der Waals surface area (Å²) < 4.78 is 0. The molecule has 4 unspecified atom stereocenters. The van der Waals surface area contributed by atoms with Crippen LogP contribution in [0.2, 0.25) is 0 Å². The molecule has 0 amide bonds. The van der Waals surface area contributed by atoms with Gasteiger partial charge in [-0.15, -0.1) is 0 Å². The summed E-state index contributed by atoms with van der Waals surface area (Å²) in [6, 6.07) is 1.89. The minimum atomic E-state index is 0.141. The fourth-order valence-corrected chi connectivity index (χ4v) is 2.49. The Kier molecular flexibility index (Phi) is 3.61. The SMILES string of the molecule is CC1NC(C(=S)C2NC(C)C(C)N2)NC1C. The fraction of sp³-hybridized carbons (Fsp3) is 0.909. The number of nitrogens with one attached hydrogen (secondary N) is 4. The second kappa shape index (κ2) is 4.66. The molecule has 2 fully saturated rings. The Morgan fingerprint density at radius 3 is 1.19 bits per heavy atom. The molecule has 2 rings (SSSR count). The number of rotatable bonds is 2. The molecule has 4 atom stereocenters. The molecular formula is C11H22N4S. The van der Waals surface area contributed by atoms with E-state index in [-0.39, 0.29) is 12.3 Å². The smallest absolute Gasteiger partial charge is 0.0934 e. The van der Waals surface area contributed by atoms with E-state index in [0.29, 0.717) is 24.2 Å². The van der Waals surface area contributed by atoms with Gasteiger partial charge in [-0.25, -0.2) is 0 Å². The molecular weight excluding hydrogens is 220 g/mol. The lowest BCUT2D eigenvalue weighted by Crippen LogP contribution is -2.52. The van der Waals surface area contributed by atoms with Crippen LogP contribution in [0, 0.1) is 0 Å². The molecule has 2 aliphatic rings. The standard InChI is InChI=1S/C11H22N4S/c1-5-6(2)13-10(12-5)9(16)11-14-7(3)8(4)15-11/h5-8,10-15H,1-4H3. The largest absolute Gasteiger partial charge is 0.294 e. The molecule has 0 aliphatic carbocycles. The van der Waals surface area contributed by atoms with Gasteiger partial charge < -0.3 is 0 Å². The summed E-state index contributed by atoms with van der Waals surface area (Å²) in [6.45, 7) is 8.73. The molecule has 2 aliphatic heterocycles. The van der Waals surface area contributed by atoms with Crippen molar-refractivity contribution >= 4 is 17.1 Å². The van der Waals surface area contributed by atoms with Crippen molar-refractivity contribution in [1.82, 2.24) is 21.3 Å². The summed E-state index contributed by atoms with van der Waals surface area (Å²) in [6.07, 6.45) is 0.282. The van der Waals surface area contributed by atoms with Crippen molar-refractivity contribution in [2.75, 3.05) is 0 Å². The van der Waals surface area contributed by atoms with E-state index in [2.05, 4.69) is 49.0 Å². The Bertz CT molecular complexity index is 237. The molecule has 92 valence electrons. The molecule has 0 bridgehead atoms. The van der Waals surface area contributed by atoms with E-state index >= 15 is 0 Å². The van der Waals surface area contributed by atoms with Crippen molar-refractivity contribution in [1.29, 1.82) is 0 Å². The highest BCUT2D eigenvalue weighted by Gasteiger charge is 2.36. The maximum absolute atomic E-state index is 5.54. The van der Waals surface area contributed by atoms with Gasteiger partial charge in [-0.05, 0) is 27.7 Å². The highest BCUT2D eigenvalue weighted by molar-refractivity contribution is 7.80. The third-order valence-electron chi connectivity index (χ3n) is 3.79. The van der Waals surface area contributed by atoms with Crippen molar-refractivity contribution in [3.05, 3.63) is 0 Å². The van der Waals surface area contributed by atoms with Crippen LogP contribution in [0.15, 0.2) is 0 Å². The van der Waals surface area contributed by atoms with Gasteiger partial charge in [-0.2, -0.15) is 0 Å². The predicted molar refractivity (Wildman–Crippen MR) is 70.6 cm³/mol. The summed E-state index contributed by atoms with van der Waals surface area (Å²) in [5, 5.41) is 13.9. The number of thiocarbonyl (C=S) groups is 1. The highest BCUT2D eigenvalue weighted by Crippen LogP contribution is 2.10. The predicted octanol–water partition coefficient (Wildman–Crippen LogP) is -0.0519. The zero-order valence-electron chi connectivity index (χ0n) is 10.4. The van der Waals surface area contributed by atoms with Gasteiger partial charge in [0.1, 0.15) is 0 Å². The molecule has 0 aromatic carbocycles. The Hall–Kier alpha value is -0.0700. The van der Waals surface area contributed by atoms with Crippen molar-refractivity contribution in [2.45, 2.75) is 64.2 Å². The van der Waals surface area contributed by atoms with Crippen molar-refractivity contribution in [3.8, 4) is 0 Å². The first kappa shape index (κ1) is 12.4. The molecule has 0 spiro atoms. The van der Waals surface area contributed by atoms with Crippen LogP contribution >= 0.6 is 12.2 Å². The van der Waals surface area contributed by atoms with Crippen LogP contribution in [0.25, 0.3) is 0 Å². The zero-order chi connectivity index (χ0) is 11.9. The van der Waals surface area contributed by atoms with Gasteiger partial charge in [-0.3, -0.25) is 21.3 Å². The highest BCUT2D eigenvalue weighted by atomic mass is 32.1. The summed E-state index contributed by atoms with van der Waals surface area (Å²) in [5.41, 5.74) is 0. The lowest BCUT2D eigenvalue weighted by molar-refractivity contribution is 0.583. The topological polar surface area (TPSA) is 48.1 Å². The number of hydrogen-bond donors (Lipinski definition) is 4. The van der Waals surface area contributed by atoms with Crippen molar-refractivity contribution < 1.29 is 0 Å². The molecule has 4 nitrogen and oxygen atoms in total. The molecule has 0 aromatic heterocycles. The van der Waals surface area contributed by atoms with Gasteiger partial charge in [0.05, 0.1) is 17.2 Å². The third-order valence-corrected chi connectivity index (χ3v) is 4.26. The molecule has 0 aromatic rings. The second-order valence-corrected chi connectivity index (χ2v) is 5.56. The minimum Gasteiger partial charge on any atom is -0.294 e. The van der Waals surface area contributed by atoms with Gasteiger partial charge in [0.15, 0.2) is 0 Å². The normalized spacial score (nSPS) is 48.5. The molecule has 0 saturated carbocycles. The summed E-state index contributed by atoms with van der Waals surface area (Å²) in [7, 11) is 0. The maximum atomic E-state index is 5.54. The Balaban J connectivity index is 1.94. The molecule has 2 heterocycles. The second-order valence-electron chi connectivity index (χ2n) is 5.09. The van der Waals surface area contributed by atoms with Gasteiger partial charge in [-0.1, -0.05) is 12.2 Å². The van der Waals surface area contributed by atoms with E-state index in [0.717, 1.165) is 4.86 Å². The van der Waals surface area contributed by atoms with Crippen LogP contribution < -0.4 is 21.3 Å². The molecule has 5 heteroatoms. The van der Waals surface area contributed by atoms with Gasteiger partial charge in [0, 0.05) is 24.2 Å². The van der Waals surface area contributed by atoms with Crippen LogP contribution in [0.1, 0.15) is 27.7 Å². The summed E-state index contributed by atoms with van der Waals surface area (Å²) >= 11 is 5.54. The summed E-state index contributed by atoms with van der Waals surface area (Å²) in [5.74, 6) is 0. The van der Waals surface area contributed by atoms with E-state index < -0.39 is 0 Å². The monoisotopic (exact) mass is 242 g/mol. The molecule has 4 N–H and O–H groups in total.